The van der Waals surface area contributed by atoms with Crippen LogP contribution in [-0.4, -0.2) is 19.5 Å². The molecule has 2 aromatic rings. The highest BCUT2D eigenvalue weighted by atomic mass is 35.5. The number of ether oxygens (including phenoxy) is 2. The fraction of sp³-hybridized carbons (Fsp3) is 0.133. The second-order valence-electron chi connectivity index (χ2n) is 3.90. The number of hydrogen-bond acceptors (Lipinski definition) is 3. The first-order chi connectivity index (χ1) is 9.19. The fourth-order valence-corrected chi connectivity index (χ4v) is 1.78. The Kier molecular flexibility index (Phi) is 4.42. The van der Waals surface area contributed by atoms with Gasteiger partial charge in [-0.15, -0.1) is 0 Å². The van der Waals surface area contributed by atoms with Gasteiger partial charge in [-0.1, -0.05) is 29.8 Å². The SMILES string of the molecule is COc1cccc(OCC(=O)c2cccc(Cl)c2)c1. The predicted octanol–water partition coefficient (Wildman–Crippen LogP) is 3.61. The van der Waals surface area contributed by atoms with Gasteiger partial charge in [0.2, 0.25) is 0 Å². The van der Waals surface area contributed by atoms with Crippen molar-refractivity contribution in [2.45, 2.75) is 0 Å². The fourth-order valence-electron chi connectivity index (χ4n) is 1.59. The zero-order valence-electron chi connectivity index (χ0n) is 10.4. The first-order valence-corrected chi connectivity index (χ1v) is 6.12. The summed E-state index contributed by atoms with van der Waals surface area (Å²) < 4.78 is 10.5. The topological polar surface area (TPSA) is 35.5 Å². The summed E-state index contributed by atoms with van der Waals surface area (Å²) in [7, 11) is 1.58. The molecule has 4 heteroatoms. The smallest absolute Gasteiger partial charge is 0.200 e. The average Bonchev–Trinajstić information content (AvgIpc) is 2.45. The largest absolute Gasteiger partial charge is 0.497 e. The van der Waals surface area contributed by atoms with Crippen LogP contribution in [0.15, 0.2) is 48.5 Å². The van der Waals surface area contributed by atoms with Crippen molar-refractivity contribution in [3.8, 4) is 11.5 Å². The average molecular weight is 277 g/mol. The molecule has 0 saturated carbocycles. The van der Waals surface area contributed by atoms with E-state index in [2.05, 4.69) is 0 Å². The van der Waals surface area contributed by atoms with Crippen LogP contribution in [-0.2, 0) is 0 Å². The molecule has 0 aliphatic rings. The second kappa shape index (κ2) is 6.25. The molecule has 0 aliphatic carbocycles. The van der Waals surface area contributed by atoms with Crippen LogP contribution in [0.4, 0.5) is 0 Å². The molecular formula is C15H13ClO3. The Morgan fingerprint density at radius 3 is 2.58 bits per heavy atom. The Hall–Kier alpha value is -2.00. The van der Waals surface area contributed by atoms with Gasteiger partial charge in [-0.05, 0) is 24.3 Å². The van der Waals surface area contributed by atoms with E-state index in [1.54, 1.807) is 49.6 Å². The van der Waals surface area contributed by atoms with Crippen LogP contribution in [0.2, 0.25) is 5.02 Å². The van der Waals surface area contributed by atoms with E-state index < -0.39 is 0 Å². The molecule has 0 bridgehead atoms. The summed E-state index contributed by atoms with van der Waals surface area (Å²) in [6.45, 7) is -0.0342. The van der Waals surface area contributed by atoms with Gasteiger partial charge in [-0.3, -0.25) is 4.79 Å². The molecule has 3 nitrogen and oxygen atoms in total. The zero-order valence-corrected chi connectivity index (χ0v) is 11.2. The van der Waals surface area contributed by atoms with Gasteiger partial charge in [-0.25, -0.2) is 0 Å². The Morgan fingerprint density at radius 2 is 1.84 bits per heavy atom. The number of carbonyl (C=O) groups excluding carboxylic acids is 1. The molecule has 0 amide bonds. The lowest BCUT2D eigenvalue weighted by Gasteiger charge is -2.07. The van der Waals surface area contributed by atoms with Crippen LogP contribution < -0.4 is 9.47 Å². The minimum Gasteiger partial charge on any atom is -0.497 e. The molecule has 0 fully saturated rings. The standard InChI is InChI=1S/C15H13ClO3/c1-18-13-6-3-7-14(9-13)19-10-15(17)11-4-2-5-12(16)8-11/h2-9H,10H2,1H3. The molecule has 2 aromatic carbocycles. The molecule has 0 saturated heterocycles. The lowest BCUT2D eigenvalue weighted by molar-refractivity contribution is 0.0921. The molecule has 0 N–H and O–H groups in total. The maximum atomic E-state index is 11.9. The van der Waals surface area contributed by atoms with E-state index in [0.29, 0.717) is 22.1 Å². The van der Waals surface area contributed by atoms with Crippen molar-refractivity contribution in [2.24, 2.45) is 0 Å². The summed E-state index contributed by atoms with van der Waals surface area (Å²) in [6, 6.07) is 13.9. The molecule has 19 heavy (non-hydrogen) atoms. The number of carbonyl (C=O) groups is 1. The molecular weight excluding hydrogens is 264 g/mol. The minimum atomic E-state index is -0.120. The zero-order chi connectivity index (χ0) is 13.7. The molecule has 2 rings (SSSR count). The highest BCUT2D eigenvalue weighted by Gasteiger charge is 2.07. The Balaban J connectivity index is 2.00. The summed E-state index contributed by atoms with van der Waals surface area (Å²) in [4.78, 5) is 11.9. The van der Waals surface area contributed by atoms with E-state index in [9.17, 15) is 4.79 Å². The van der Waals surface area contributed by atoms with E-state index in [1.807, 2.05) is 6.07 Å². The van der Waals surface area contributed by atoms with E-state index in [4.69, 9.17) is 21.1 Å². The molecule has 98 valence electrons. The minimum absolute atomic E-state index is 0.0342. The number of rotatable bonds is 5. The van der Waals surface area contributed by atoms with Gasteiger partial charge in [-0.2, -0.15) is 0 Å². The third-order valence-electron chi connectivity index (χ3n) is 2.56. The van der Waals surface area contributed by atoms with Crippen molar-refractivity contribution in [2.75, 3.05) is 13.7 Å². The van der Waals surface area contributed by atoms with Crippen LogP contribution in [0.1, 0.15) is 10.4 Å². The van der Waals surface area contributed by atoms with Gasteiger partial charge in [0.25, 0.3) is 0 Å². The summed E-state index contributed by atoms with van der Waals surface area (Å²) >= 11 is 5.84. The Bertz CT molecular complexity index is 581. The van der Waals surface area contributed by atoms with Crippen molar-refractivity contribution in [1.82, 2.24) is 0 Å². The van der Waals surface area contributed by atoms with Crippen molar-refractivity contribution >= 4 is 17.4 Å². The number of benzene rings is 2. The van der Waals surface area contributed by atoms with Crippen molar-refractivity contribution in [3.63, 3.8) is 0 Å². The third-order valence-corrected chi connectivity index (χ3v) is 2.79. The van der Waals surface area contributed by atoms with Gasteiger partial charge in [0, 0.05) is 16.7 Å². The summed E-state index contributed by atoms with van der Waals surface area (Å²) in [5.41, 5.74) is 0.537. The molecule has 0 radical (unpaired) electrons. The Morgan fingerprint density at radius 1 is 1.11 bits per heavy atom. The molecule has 0 heterocycles. The van der Waals surface area contributed by atoms with Crippen LogP contribution in [0.25, 0.3) is 0 Å². The number of Topliss-reactive ketones (excluding diaryl/α,β-unsaturated/α-hetero) is 1. The molecule has 0 unspecified atom stereocenters. The van der Waals surface area contributed by atoms with E-state index in [-0.39, 0.29) is 12.4 Å². The van der Waals surface area contributed by atoms with Gasteiger partial charge >= 0.3 is 0 Å². The van der Waals surface area contributed by atoms with Gasteiger partial charge in [0.05, 0.1) is 7.11 Å². The van der Waals surface area contributed by atoms with Crippen molar-refractivity contribution in [1.29, 1.82) is 0 Å². The number of hydrogen-bond donors (Lipinski definition) is 0. The second-order valence-corrected chi connectivity index (χ2v) is 4.34. The molecule has 0 aromatic heterocycles. The lowest BCUT2D eigenvalue weighted by Crippen LogP contribution is -2.11. The lowest BCUT2D eigenvalue weighted by atomic mass is 10.1. The first-order valence-electron chi connectivity index (χ1n) is 5.74. The summed E-state index contributed by atoms with van der Waals surface area (Å²) in [5.74, 6) is 1.16. The number of halogens is 1. The first kappa shape index (κ1) is 13.4. The number of methoxy groups -OCH3 is 1. The highest BCUT2D eigenvalue weighted by molar-refractivity contribution is 6.31. The van der Waals surface area contributed by atoms with E-state index >= 15 is 0 Å². The van der Waals surface area contributed by atoms with Crippen LogP contribution in [0, 0.1) is 0 Å². The van der Waals surface area contributed by atoms with Crippen LogP contribution in [0.3, 0.4) is 0 Å². The summed E-state index contributed by atoms with van der Waals surface area (Å²) in [5, 5.41) is 0.534. The van der Waals surface area contributed by atoms with Crippen LogP contribution >= 0.6 is 11.6 Å². The Labute approximate surface area is 116 Å². The van der Waals surface area contributed by atoms with Crippen molar-refractivity contribution in [3.05, 3.63) is 59.1 Å². The van der Waals surface area contributed by atoms with Gasteiger partial charge < -0.3 is 9.47 Å². The van der Waals surface area contributed by atoms with Crippen molar-refractivity contribution < 1.29 is 14.3 Å². The number of ketones is 1. The quantitative estimate of drug-likeness (QED) is 0.783. The maximum Gasteiger partial charge on any atom is 0.200 e. The molecule has 0 spiro atoms. The molecule has 0 aliphatic heterocycles. The third kappa shape index (κ3) is 3.73. The van der Waals surface area contributed by atoms with E-state index in [1.165, 1.54) is 0 Å². The van der Waals surface area contributed by atoms with E-state index in [0.717, 1.165) is 0 Å². The summed E-state index contributed by atoms with van der Waals surface area (Å²) in [6.07, 6.45) is 0. The normalized spacial score (nSPS) is 10.0. The highest BCUT2D eigenvalue weighted by Crippen LogP contribution is 2.19. The van der Waals surface area contributed by atoms with Gasteiger partial charge in [0.15, 0.2) is 12.4 Å². The predicted molar refractivity (Wildman–Crippen MR) is 74.3 cm³/mol. The molecule has 0 atom stereocenters. The van der Waals surface area contributed by atoms with Gasteiger partial charge in [0.1, 0.15) is 11.5 Å². The monoisotopic (exact) mass is 276 g/mol. The maximum absolute atomic E-state index is 11.9. The van der Waals surface area contributed by atoms with Crippen LogP contribution in [0.5, 0.6) is 11.5 Å².